The van der Waals surface area contributed by atoms with Crippen molar-refractivity contribution >= 4 is 15.9 Å². The molecule has 1 saturated heterocycles. The minimum atomic E-state index is -4.16. The van der Waals surface area contributed by atoms with Crippen LogP contribution < -0.4 is 9.46 Å². The lowest BCUT2D eigenvalue weighted by molar-refractivity contribution is -0.136. The number of hydrogen-bond acceptors (Lipinski definition) is 4. The highest BCUT2D eigenvalue weighted by Gasteiger charge is 2.40. The first-order valence-electron chi connectivity index (χ1n) is 10.7. The smallest absolute Gasteiger partial charge is 0.241 e. The first-order valence-corrected chi connectivity index (χ1v) is 12.3. The number of nitrogens with one attached hydrogen (secondary N) is 1. The number of halogens is 2. The fourth-order valence-electron chi connectivity index (χ4n) is 4.62. The van der Waals surface area contributed by atoms with Crippen molar-refractivity contribution in [1.82, 2.24) is 9.62 Å². The second kappa shape index (κ2) is 9.15. The SMILES string of the molecule is CC1CCN2C(=O)CCOc3ccccc3-c3cccc(c3F)CC2C1NS(=O)(=O)CF. The minimum absolute atomic E-state index is 0.0954. The van der Waals surface area contributed by atoms with Crippen LogP contribution in [0.25, 0.3) is 11.1 Å². The Kier molecular flexibility index (Phi) is 6.48. The highest BCUT2D eigenvalue weighted by Crippen LogP contribution is 2.35. The molecular weight excluding hydrogens is 438 g/mol. The summed E-state index contributed by atoms with van der Waals surface area (Å²) in [6.45, 7) is 2.38. The first-order chi connectivity index (χ1) is 15.3. The molecule has 0 saturated carbocycles. The van der Waals surface area contributed by atoms with Gasteiger partial charge in [-0.3, -0.25) is 4.79 Å². The lowest BCUT2D eigenvalue weighted by Gasteiger charge is -2.45. The molecule has 2 aromatic carbocycles. The van der Waals surface area contributed by atoms with Gasteiger partial charge < -0.3 is 9.64 Å². The maximum atomic E-state index is 15.6. The Balaban J connectivity index is 1.81. The molecule has 172 valence electrons. The Labute approximate surface area is 186 Å². The average Bonchev–Trinajstić information content (AvgIpc) is 2.77. The van der Waals surface area contributed by atoms with Crippen molar-refractivity contribution in [2.45, 2.75) is 38.3 Å². The molecule has 2 bridgehead atoms. The van der Waals surface area contributed by atoms with E-state index in [9.17, 15) is 17.6 Å². The van der Waals surface area contributed by atoms with Crippen LogP contribution in [0.1, 0.15) is 25.3 Å². The topological polar surface area (TPSA) is 75.7 Å². The summed E-state index contributed by atoms with van der Waals surface area (Å²) in [4.78, 5) is 14.7. The summed E-state index contributed by atoms with van der Waals surface area (Å²) in [5.41, 5.74) is 1.32. The predicted octanol–water partition coefficient (Wildman–Crippen LogP) is 3.27. The molecular formula is C23H26F2N2O4S. The Morgan fingerprint density at radius 1 is 1.16 bits per heavy atom. The number of hydrogen-bond donors (Lipinski definition) is 1. The highest BCUT2D eigenvalue weighted by molar-refractivity contribution is 7.89. The molecule has 1 fully saturated rings. The first kappa shape index (κ1) is 22.7. The van der Waals surface area contributed by atoms with Crippen LogP contribution in [0.2, 0.25) is 0 Å². The van der Waals surface area contributed by atoms with E-state index in [1.54, 1.807) is 47.4 Å². The van der Waals surface area contributed by atoms with Crippen molar-refractivity contribution in [3.05, 3.63) is 53.8 Å². The molecule has 3 unspecified atom stereocenters. The van der Waals surface area contributed by atoms with Gasteiger partial charge in [0.25, 0.3) is 0 Å². The van der Waals surface area contributed by atoms with Crippen LogP contribution in [0.15, 0.2) is 42.5 Å². The van der Waals surface area contributed by atoms with Crippen molar-refractivity contribution in [3.8, 4) is 16.9 Å². The molecule has 3 atom stereocenters. The standard InChI is InChI=1S/C23H26F2N2O4S/c1-15-9-11-27-19(23(15)26-32(29,30)14-24)13-16-5-4-7-18(22(16)25)17-6-2-3-8-20(17)31-12-10-21(27)28/h2-8,15,19,23,26H,9-14H2,1H3. The number of sulfonamides is 1. The maximum absolute atomic E-state index is 15.6. The molecule has 1 amide bonds. The van der Waals surface area contributed by atoms with Gasteiger partial charge in [-0.05, 0) is 30.4 Å². The van der Waals surface area contributed by atoms with E-state index in [0.717, 1.165) is 0 Å². The quantitative estimate of drug-likeness (QED) is 0.757. The predicted molar refractivity (Wildman–Crippen MR) is 117 cm³/mol. The van der Waals surface area contributed by atoms with Crippen molar-refractivity contribution in [2.24, 2.45) is 5.92 Å². The van der Waals surface area contributed by atoms with Gasteiger partial charge in [0.2, 0.25) is 21.9 Å². The van der Waals surface area contributed by atoms with Crippen LogP contribution in [-0.4, -0.2) is 50.5 Å². The summed E-state index contributed by atoms with van der Waals surface area (Å²) in [5.74, 6) is -0.307. The summed E-state index contributed by atoms with van der Waals surface area (Å²) in [6, 6.07) is 9.19. The third-order valence-electron chi connectivity index (χ3n) is 6.29. The lowest BCUT2D eigenvalue weighted by Crippen LogP contribution is -2.61. The number of amides is 1. The van der Waals surface area contributed by atoms with E-state index >= 15 is 4.39 Å². The third kappa shape index (κ3) is 4.49. The number of rotatable bonds is 3. The summed E-state index contributed by atoms with van der Waals surface area (Å²) in [7, 11) is -4.16. The maximum Gasteiger partial charge on any atom is 0.241 e. The van der Waals surface area contributed by atoms with E-state index in [-0.39, 0.29) is 31.3 Å². The van der Waals surface area contributed by atoms with Crippen LogP contribution >= 0.6 is 0 Å². The van der Waals surface area contributed by atoms with Crippen molar-refractivity contribution < 1.29 is 26.7 Å². The van der Waals surface area contributed by atoms with Gasteiger partial charge in [-0.1, -0.05) is 43.3 Å². The van der Waals surface area contributed by atoms with Gasteiger partial charge in [0.05, 0.1) is 19.1 Å². The van der Waals surface area contributed by atoms with Crippen LogP contribution in [-0.2, 0) is 21.2 Å². The molecule has 0 aromatic heterocycles. The molecule has 1 N–H and O–H groups in total. The Morgan fingerprint density at radius 2 is 1.91 bits per heavy atom. The fourth-order valence-corrected chi connectivity index (χ4v) is 5.49. The molecule has 9 heteroatoms. The molecule has 0 radical (unpaired) electrons. The molecule has 0 spiro atoms. The van der Waals surface area contributed by atoms with Crippen molar-refractivity contribution in [3.63, 3.8) is 0 Å². The van der Waals surface area contributed by atoms with E-state index < -0.39 is 33.9 Å². The number of carbonyl (C=O) groups excluding carboxylic acids is 1. The Hall–Kier alpha value is -2.52. The second-order valence-electron chi connectivity index (χ2n) is 8.37. The van der Waals surface area contributed by atoms with Gasteiger partial charge in [0.15, 0.2) is 0 Å². The van der Waals surface area contributed by atoms with Gasteiger partial charge in [0.1, 0.15) is 11.6 Å². The van der Waals surface area contributed by atoms with E-state index in [2.05, 4.69) is 4.72 Å². The third-order valence-corrected chi connectivity index (χ3v) is 7.21. The number of ether oxygens (including phenoxy) is 1. The van der Waals surface area contributed by atoms with Gasteiger partial charge in [0, 0.05) is 23.7 Å². The molecule has 2 aliphatic rings. The monoisotopic (exact) mass is 464 g/mol. The summed E-state index contributed by atoms with van der Waals surface area (Å²) >= 11 is 0. The van der Waals surface area contributed by atoms with E-state index in [1.165, 1.54) is 0 Å². The van der Waals surface area contributed by atoms with Crippen LogP contribution in [0.4, 0.5) is 8.78 Å². The molecule has 2 aliphatic heterocycles. The highest BCUT2D eigenvalue weighted by atomic mass is 32.2. The number of piperidine rings is 1. The molecule has 32 heavy (non-hydrogen) atoms. The minimum Gasteiger partial charge on any atom is -0.492 e. The number of alkyl halides is 1. The Morgan fingerprint density at radius 3 is 2.69 bits per heavy atom. The van der Waals surface area contributed by atoms with Gasteiger partial charge in [-0.15, -0.1) is 0 Å². The van der Waals surface area contributed by atoms with Crippen LogP contribution in [0.5, 0.6) is 5.75 Å². The van der Waals surface area contributed by atoms with E-state index in [4.69, 9.17) is 4.74 Å². The molecule has 4 rings (SSSR count). The van der Waals surface area contributed by atoms with E-state index in [0.29, 0.717) is 35.4 Å². The number of nitrogens with zero attached hydrogens (tertiary/aromatic N) is 1. The van der Waals surface area contributed by atoms with E-state index in [1.807, 2.05) is 6.92 Å². The van der Waals surface area contributed by atoms with Crippen molar-refractivity contribution in [2.75, 3.05) is 19.2 Å². The number of carbonyl (C=O) groups is 1. The summed E-state index contributed by atoms with van der Waals surface area (Å²) in [5, 5.41) is 0. The molecule has 0 aliphatic carbocycles. The number of fused-ring (bicyclic) bond motifs is 5. The van der Waals surface area contributed by atoms with Gasteiger partial charge >= 0.3 is 0 Å². The average molecular weight is 465 g/mol. The molecule has 6 nitrogen and oxygen atoms in total. The zero-order valence-corrected chi connectivity index (χ0v) is 18.6. The second-order valence-corrected chi connectivity index (χ2v) is 10.0. The summed E-state index contributed by atoms with van der Waals surface area (Å²) in [6.07, 6.45) is 0.754. The molecule has 2 heterocycles. The zero-order chi connectivity index (χ0) is 22.9. The van der Waals surface area contributed by atoms with Crippen molar-refractivity contribution in [1.29, 1.82) is 0 Å². The van der Waals surface area contributed by atoms with Gasteiger partial charge in [-0.25, -0.2) is 21.9 Å². The summed E-state index contributed by atoms with van der Waals surface area (Å²) < 4.78 is 61.1. The zero-order valence-electron chi connectivity index (χ0n) is 17.8. The Bertz CT molecular complexity index is 1110. The van der Waals surface area contributed by atoms with Crippen LogP contribution in [0, 0.1) is 11.7 Å². The lowest BCUT2D eigenvalue weighted by atomic mass is 9.83. The number of benzene rings is 2. The van der Waals surface area contributed by atoms with Crippen LogP contribution in [0.3, 0.4) is 0 Å². The van der Waals surface area contributed by atoms with Gasteiger partial charge in [-0.2, -0.15) is 0 Å². The largest absolute Gasteiger partial charge is 0.492 e. The molecule has 2 aromatic rings. The fraction of sp³-hybridized carbons (Fsp3) is 0.435. The number of para-hydroxylation sites is 1. The normalized spacial score (nSPS) is 23.9.